The van der Waals surface area contributed by atoms with Gasteiger partial charge in [-0.2, -0.15) is 0 Å². The first-order chi connectivity index (χ1) is 9.75. The maximum atomic E-state index is 10.7. The number of aryl methyl sites for hydroxylation is 1. The molecule has 1 heterocycles. The van der Waals surface area contributed by atoms with Crippen LogP contribution in [0.5, 0.6) is 0 Å². The molecule has 0 atom stereocenters. The lowest BCUT2D eigenvalue weighted by atomic mass is 9.93. The molecule has 0 aliphatic heterocycles. The van der Waals surface area contributed by atoms with Crippen LogP contribution in [0.4, 0.5) is 0 Å². The van der Waals surface area contributed by atoms with E-state index in [1.807, 2.05) is 0 Å². The molecule has 1 aromatic rings. The molecule has 120 valence electrons. The molecular weight excluding hydrogens is 288 g/mol. The average molecular weight is 314 g/mol. The van der Waals surface area contributed by atoms with E-state index < -0.39 is 5.97 Å². The minimum Gasteiger partial charge on any atom is -0.549 e. The Balaban J connectivity index is 2.94. The molecule has 0 radical (unpaired) electrons. The highest BCUT2D eigenvalue weighted by Crippen LogP contribution is 2.23. The lowest BCUT2D eigenvalue weighted by Gasteiger charge is -2.27. The Bertz CT molecular complexity index is 472. The number of aliphatic carboxylic acids is 1. The molecule has 0 aliphatic rings. The summed E-state index contributed by atoms with van der Waals surface area (Å²) in [6.07, 6.45) is 1.84. The van der Waals surface area contributed by atoms with Crippen molar-refractivity contribution in [3.63, 3.8) is 0 Å². The molecule has 1 aromatic heterocycles. The van der Waals surface area contributed by atoms with Crippen molar-refractivity contribution >= 4 is 17.7 Å². The van der Waals surface area contributed by atoms with Gasteiger partial charge in [-0.05, 0) is 6.42 Å². The van der Waals surface area contributed by atoms with Crippen LogP contribution in [0, 0.1) is 5.41 Å². The summed E-state index contributed by atoms with van der Waals surface area (Å²) in [6.45, 7) is 8.32. The molecule has 0 saturated carbocycles. The Kier molecular flexibility index (Phi) is 6.67. The van der Waals surface area contributed by atoms with Crippen LogP contribution in [0.1, 0.15) is 33.0 Å². The number of hydrogen-bond donors (Lipinski definition) is 1. The fourth-order valence-corrected chi connectivity index (χ4v) is 3.23. The Morgan fingerprint density at radius 1 is 1.38 bits per heavy atom. The second kappa shape index (κ2) is 7.79. The third-order valence-electron chi connectivity index (χ3n) is 3.00. The van der Waals surface area contributed by atoms with E-state index in [0.29, 0.717) is 5.16 Å². The normalized spacial score (nSPS) is 12.1. The lowest BCUT2D eigenvalue weighted by molar-refractivity contribution is -0.865. The summed E-state index contributed by atoms with van der Waals surface area (Å²) >= 11 is 1.18. The first-order valence-electron chi connectivity index (χ1n) is 7.29. The van der Waals surface area contributed by atoms with Crippen LogP contribution >= 0.6 is 11.8 Å². The first-order valence-corrected chi connectivity index (χ1v) is 8.27. The zero-order valence-corrected chi connectivity index (χ0v) is 14.4. The van der Waals surface area contributed by atoms with Gasteiger partial charge in [0.25, 0.3) is 0 Å². The third kappa shape index (κ3) is 6.05. The molecule has 1 N–H and O–H groups in total. The van der Waals surface area contributed by atoms with Gasteiger partial charge >= 0.3 is 0 Å². The van der Waals surface area contributed by atoms with Crippen LogP contribution in [0.2, 0.25) is 0 Å². The van der Waals surface area contributed by atoms with Crippen LogP contribution in [0.25, 0.3) is 0 Å². The second-order valence-electron chi connectivity index (χ2n) is 6.44. The summed E-state index contributed by atoms with van der Waals surface area (Å²) in [6, 6.07) is 0. The van der Waals surface area contributed by atoms with Gasteiger partial charge in [-0.3, -0.25) is 0 Å². The van der Waals surface area contributed by atoms with E-state index >= 15 is 0 Å². The molecule has 0 aromatic carbocycles. The Labute approximate surface area is 130 Å². The first kappa shape index (κ1) is 18.0. The van der Waals surface area contributed by atoms with Gasteiger partial charge in [-0.1, -0.05) is 32.5 Å². The van der Waals surface area contributed by atoms with Gasteiger partial charge in [0.1, 0.15) is 5.82 Å². The van der Waals surface area contributed by atoms with Crippen LogP contribution in [-0.2, 0) is 17.8 Å². The minimum atomic E-state index is -1.08. The topological polar surface area (TPSA) is 75.3 Å². The minimum absolute atomic E-state index is 0.0838. The standard InChI is InChI=1S/C14H26N4O2S/c1-6-7-11-15-16-13(21-8-12(19)20)18(11)10-14(2,3)9-17(4)5/h6-10H2,1-5H3,(H,19,20). The van der Waals surface area contributed by atoms with E-state index in [4.69, 9.17) is 0 Å². The monoisotopic (exact) mass is 314 g/mol. The number of aromatic nitrogens is 3. The summed E-state index contributed by atoms with van der Waals surface area (Å²) in [5.74, 6) is -0.243. The number of thioether (sulfide) groups is 1. The second-order valence-corrected chi connectivity index (χ2v) is 7.39. The Morgan fingerprint density at radius 3 is 2.57 bits per heavy atom. The maximum absolute atomic E-state index is 10.7. The van der Waals surface area contributed by atoms with Crippen molar-refractivity contribution in [1.82, 2.24) is 14.8 Å². The van der Waals surface area contributed by atoms with Crippen LogP contribution in [0.15, 0.2) is 5.16 Å². The third-order valence-corrected chi connectivity index (χ3v) is 3.94. The summed E-state index contributed by atoms with van der Waals surface area (Å²) in [5.41, 5.74) is 0.0838. The van der Waals surface area contributed by atoms with E-state index in [1.54, 1.807) is 0 Å². The molecule has 0 saturated heterocycles. The fraction of sp³-hybridized carbons (Fsp3) is 0.786. The number of carbonyl (C=O) groups is 1. The van der Waals surface area contributed by atoms with E-state index in [-0.39, 0.29) is 11.2 Å². The van der Waals surface area contributed by atoms with Crippen molar-refractivity contribution in [2.45, 2.75) is 45.3 Å². The average Bonchev–Trinajstić information content (AvgIpc) is 2.67. The van der Waals surface area contributed by atoms with Gasteiger partial charge in [0.05, 0.1) is 26.6 Å². The molecule has 0 aliphatic carbocycles. The highest BCUT2D eigenvalue weighted by Gasteiger charge is 2.25. The van der Waals surface area contributed by atoms with E-state index in [1.165, 1.54) is 16.7 Å². The van der Waals surface area contributed by atoms with E-state index in [2.05, 4.69) is 49.6 Å². The van der Waals surface area contributed by atoms with E-state index in [9.17, 15) is 9.90 Å². The number of carboxylic acid groups (broad SMARTS) is 1. The number of carboxylic acids is 1. The van der Waals surface area contributed by atoms with Crippen molar-refractivity contribution in [2.24, 2.45) is 5.41 Å². The molecule has 0 fully saturated rings. The number of hydrogen-bond acceptors (Lipinski definition) is 5. The number of carbonyl (C=O) groups excluding carboxylic acids is 1. The summed E-state index contributed by atoms with van der Waals surface area (Å²) in [5, 5.41) is 19.7. The number of nitrogens with one attached hydrogen (secondary N) is 1. The molecule has 0 spiro atoms. The Hall–Kier alpha value is -1.08. The summed E-state index contributed by atoms with van der Waals surface area (Å²) in [7, 11) is 4.26. The predicted octanol–water partition coefficient (Wildman–Crippen LogP) is -0.757. The molecule has 1 rings (SSSR count). The zero-order chi connectivity index (χ0) is 16.0. The number of quaternary nitrogens is 1. The van der Waals surface area contributed by atoms with Crippen molar-refractivity contribution in [3.05, 3.63) is 5.82 Å². The molecule has 0 bridgehead atoms. The van der Waals surface area contributed by atoms with Gasteiger partial charge in [-0.15, -0.1) is 10.2 Å². The molecular formula is C14H26N4O2S. The predicted molar refractivity (Wildman–Crippen MR) is 81.2 cm³/mol. The van der Waals surface area contributed by atoms with Crippen molar-refractivity contribution in [2.75, 3.05) is 26.4 Å². The lowest BCUT2D eigenvalue weighted by Crippen LogP contribution is -3.07. The zero-order valence-electron chi connectivity index (χ0n) is 13.6. The van der Waals surface area contributed by atoms with Gasteiger partial charge in [0.2, 0.25) is 0 Å². The SMILES string of the molecule is CCCc1nnc(SCC(=O)[O-])n1CC(C)(C)C[NH+](C)C. The number of nitrogens with zero attached hydrogens (tertiary/aromatic N) is 3. The van der Waals surface area contributed by atoms with E-state index in [0.717, 1.165) is 31.8 Å². The molecule has 0 amide bonds. The van der Waals surface area contributed by atoms with Crippen molar-refractivity contribution < 1.29 is 14.8 Å². The molecule has 21 heavy (non-hydrogen) atoms. The highest BCUT2D eigenvalue weighted by molar-refractivity contribution is 7.99. The van der Waals surface area contributed by atoms with Gasteiger partial charge in [-0.25, -0.2) is 0 Å². The summed E-state index contributed by atoms with van der Waals surface area (Å²) in [4.78, 5) is 12.0. The van der Waals surface area contributed by atoms with Crippen molar-refractivity contribution in [3.8, 4) is 0 Å². The van der Waals surface area contributed by atoms with Gasteiger partial charge in [0, 0.05) is 24.1 Å². The quantitative estimate of drug-likeness (QED) is 0.607. The van der Waals surface area contributed by atoms with Crippen LogP contribution in [-0.4, -0.2) is 47.1 Å². The number of rotatable bonds is 9. The largest absolute Gasteiger partial charge is 0.549 e. The van der Waals surface area contributed by atoms with Crippen molar-refractivity contribution in [1.29, 1.82) is 0 Å². The molecule has 7 heteroatoms. The Morgan fingerprint density at radius 2 is 2.05 bits per heavy atom. The molecule has 6 nitrogen and oxygen atoms in total. The van der Waals surface area contributed by atoms with Crippen LogP contribution in [0.3, 0.4) is 0 Å². The highest BCUT2D eigenvalue weighted by atomic mass is 32.2. The van der Waals surface area contributed by atoms with Gasteiger partial charge in [0.15, 0.2) is 5.16 Å². The van der Waals surface area contributed by atoms with Gasteiger partial charge < -0.3 is 19.4 Å². The smallest absolute Gasteiger partial charge is 0.191 e. The maximum Gasteiger partial charge on any atom is 0.191 e. The van der Waals surface area contributed by atoms with Crippen LogP contribution < -0.4 is 10.0 Å². The fourth-order valence-electron chi connectivity index (χ4n) is 2.56. The molecule has 0 unspecified atom stereocenters. The summed E-state index contributed by atoms with van der Waals surface area (Å²) < 4.78 is 2.07.